The molecule has 2 rings (SSSR count). The minimum Gasteiger partial charge on any atom is -0.309 e. The van der Waals surface area contributed by atoms with Crippen LogP contribution in [0, 0.1) is 0 Å². The second-order valence-corrected chi connectivity index (χ2v) is 9.06. The van der Waals surface area contributed by atoms with Crippen molar-refractivity contribution in [3.63, 3.8) is 0 Å². The Morgan fingerprint density at radius 3 is 2.12 bits per heavy atom. The first-order valence-corrected chi connectivity index (χ1v) is 10.2. The van der Waals surface area contributed by atoms with Crippen molar-refractivity contribution in [2.24, 2.45) is 0 Å². The molecule has 0 aromatic heterocycles. The van der Waals surface area contributed by atoms with Crippen LogP contribution in [0.2, 0.25) is 0 Å². The maximum atomic E-state index is 12.8. The van der Waals surface area contributed by atoms with Crippen LogP contribution in [-0.2, 0) is 10.0 Å². The highest BCUT2D eigenvalue weighted by molar-refractivity contribution is 7.89. The molecule has 5 nitrogen and oxygen atoms in total. The Kier molecular flexibility index (Phi) is 6.80. The van der Waals surface area contributed by atoms with Crippen LogP contribution in [0.3, 0.4) is 0 Å². The summed E-state index contributed by atoms with van der Waals surface area (Å²) in [6, 6.07) is 7.34. The molecular weight excluding hydrogens is 322 g/mol. The van der Waals surface area contributed by atoms with Crippen LogP contribution in [0.1, 0.15) is 31.7 Å². The average Bonchev–Trinajstić information content (AvgIpc) is 2.55. The van der Waals surface area contributed by atoms with Gasteiger partial charge in [0.05, 0.1) is 4.90 Å². The fraction of sp³-hybridized carbons (Fsp3) is 0.667. The molecule has 136 valence electrons. The highest BCUT2D eigenvalue weighted by Gasteiger charge is 2.28. The minimum absolute atomic E-state index is 0.410. The van der Waals surface area contributed by atoms with Gasteiger partial charge in [-0.3, -0.25) is 0 Å². The van der Waals surface area contributed by atoms with Crippen LogP contribution < -0.4 is 0 Å². The lowest BCUT2D eigenvalue weighted by Crippen LogP contribution is -2.48. The van der Waals surface area contributed by atoms with Crippen molar-refractivity contribution in [1.29, 1.82) is 0 Å². The fourth-order valence-corrected chi connectivity index (χ4v) is 4.40. The van der Waals surface area contributed by atoms with Gasteiger partial charge in [0, 0.05) is 26.2 Å². The molecule has 0 bridgehead atoms. The van der Waals surface area contributed by atoms with E-state index in [1.165, 1.54) is 5.56 Å². The van der Waals surface area contributed by atoms with Gasteiger partial charge in [0.15, 0.2) is 0 Å². The normalized spacial score (nSPS) is 17.8. The highest BCUT2D eigenvalue weighted by Crippen LogP contribution is 2.21. The van der Waals surface area contributed by atoms with Crippen molar-refractivity contribution in [3.05, 3.63) is 29.8 Å². The van der Waals surface area contributed by atoms with E-state index < -0.39 is 10.0 Å². The Morgan fingerprint density at radius 2 is 1.62 bits per heavy atom. The lowest BCUT2D eigenvalue weighted by atomic mass is 10.0. The van der Waals surface area contributed by atoms with Gasteiger partial charge < -0.3 is 9.80 Å². The molecule has 0 radical (unpaired) electrons. The van der Waals surface area contributed by atoms with Crippen molar-refractivity contribution in [1.82, 2.24) is 14.1 Å². The quantitative estimate of drug-likeness (QED) is 0.753. The van der Waals surface area contributed by atoms with Crippen LogP contribution in [0.5, 0.6) is 0 Å². The molecule has 1 aliphatic rings. The van der Waals surface area contributed by atoms with Crippen molar-refractivity contribution in [2.75, 3.05) is 53.4 Å². The number of hydrogen-bond donors (Lipinski definition) is 0. The summed E-state index contributed by atoms with van der Waals surface area (Å²) in [5, 5.41) is 0. The third kappa shape index (κ3) is 5.02. The molecule has 0 saturated carbocycles. The lowest BCUT2D eigenvalue weighted by Gasteiger charge is -2.34. The Bertz CT molecular complexity index is 604. The van der Waals surface area contributed by atoms with Gasteiger partial charge in [0.1, 0.15) is 0 Å². The van der Waals surface area contributed by atoms with E-state index >= 15 is 0 Å². The summed E-state index contributed by atoms with van der Waals surface area (Å²) in [7, 11) is 0.793. The molecule has 24 heavy (non-hydrogen) atoms. The molecule has 1 fully saturated rings. The summed E-state index contributed by atoms with van der Waals surface area (Å²) in [6.45, 7) is 9.12. The van der Waals surface area contributed by atoms with Gasteiger partial charge in [0.2, 0.25) is 10.0 Å². The van der Waals surface area contributed by atoms with E-state index in [-0.39, 0.29) is 0 Å². The highest BCUT2D eigenvalue weighted by atomic mass is 32.2. The average molecular weight is 354 g/mol. The van der Waals surface area contributed by atoms with E-state index in [1.54, 1.807) is 16.4 Å². The Hall–Kier alpha value is -0.950. The standard InChI is InChI=1S/C18H31N3O2S/c1-16(2)17-6-8-18(9-7-17)24(22,23)21-14-12-20(13-15-21)11-5-10-19(3)4/h6-9,16H,5,10-15H2,1-4H3. The molecule has 0 atom stereocenters. The van der Waals surface area contributed by atoms with Gasteiger partial charge in [-0.05, 0) is 57.2 Å². The Morgan fingerprint density at radius 1 is 1.04 bits per heavy atom. The minimum atomic E-state index is -3.36. The first-order valence-electron chi connectivity index (χ1n) is 8.78. The second kappa shape index (κ2) is 8.43. The number of benzene rings is 1. The zero-order valence-electron chi connectivity index (χ0n) is 15.4. The first kappa shape index (κ1) is 19.4. The molecule has 1 heterocycles. The molecule has 1 aliphatic heterocycles. The molecule has 1 aromatic carbocycles. The van der Waals surface area contributed by atoms with Gasteiger partial charge in [0.25, 0.3) is 0 Å². The maximum Gasteiger partial charge on any atom is 0.243 e. The van der Waals surface area contributed by atoms with Gasteiger partial charge in [-0.15, -0.1) is 0 Å². The molecule has 6 heteroatoms. The lowest BCUT2D eigenvalue weighted by molar-refractivity contribution is 0.181. The van der Waals surface area contributed by atoms with Crippen molar-refractivity contribution in [2.45, 2.75) is 31.1 Å². The number of rotatable bonds is 7. The summed E-state index contributed by atoms with van der Waals surface area (Å²) in [4.78, 5) is 4.95. The zero-order valence-corrected chi connectivity index (χ0v) is 16.2. The third-order valence-electron chi connectivity index (χ3n) is 4.60. The zero-order chi connectivity index (χ0) is 17.7. The first-order chi connectivity index (χ1) is 11.3. The summed E-state index contributed by atoms with van der Waals surface area (Å²) in [5.74, 6) is 0.410. The molecule has 0 spiro atoms. The summed E-state index contributed by atoms with van der Waals surface area (Å²) < 4.78 is 27.2. The molecule has 0 unspecified atom stereocenters. The van der Waals surface area contributed by atoms with Crippen LogP contribution >= 0.6 is 0 Å². The van der Waals surface area contributed by atoms with Gasteiger partial charge in [-0.2, -0.15) is 4.31 Å². The van der Waals surface area contributed by atoms with Crippen LogP contribution in [0.25, 0.3) is 0 Å². The van der Waals surface area contributed by atoms with Gasteiger partial charge in [-0.1, -0.05) is 26.0 Å². The maximum absolute atomic E-state index is 12.8. The number of piperazine rings is 1. The SMILES string of the molecule is CC(C)c1ccc(S(=O)(=O)N2CCN(CCCN(C)C)CC2)cc1. The Balaban J connectivity index is 1.92. The summed E-state index contributed by atoms with van der Waals surface area (Å²) >= 11 is 0. The number of sulfonamides is 1. The topological polar surface area (TPSA) is 43.9 Å². The number of nitrogens with zero attached hydrogens (tertiary/aromatic N) is 3. The monoisotopic (exact) mass is 353 g/mol. The Labute approximate surface area is 147 Å². The van der Waals surface area contributed by atoms with Crippen molar-refractivity contribution in [3.8, 4) is 0 Å². The molecule has 1 saturated heterocycles. The summed E-state index contributed by atoms with van der Waals surface area (Å²) in [5.41, 5.74) is 1.17. The van der Waals surface area contributed by atoms with Crippen LogP contribution in [0.15, 0.2) is 29.2 Å². The van der Waals surface area contributed by atoms with Gasteiger partial charge in [-0.25, -0.2) is 8.42 Å². The van der Waals surface area contributed by atoms with E-state index in [0.29, 0.717) is 23.9 Å². The fourth-order valence-electron chi connectivity index (χ4n) is 2.98. The third-order valence-corrected chi connectivity index (χ3v) is 6.51. The number of hydrogen-bond acceptors (Lipinski definition) is 4. The van der Waals surface area contributed by atoms with Gasteiger partial charge >= 0.3 is 0 Å². The molecule has 0 aliphatic carbocycles. The second-order valence-electron chi connectivity index (χ2n) is 7.13. The van der Waals surface area contributed by atoms with Crippen LogP contribution in [-0.4, -0.2) is 75.9 Å². The molecule has 0 amide bonds. The van der Waals surface area contributed by atoms with Crippen LogP contribution in [0.4, 0.5) is 0 Å². The van der Waals surface area contributed by atoms with E-state index in [2.05, 4.69) is 37.7 Å². The van der Waals surface area contributed by atoms with Crippen molar-refractivity contribution < 1.29 is 8.42 Å². The summed E-state index contributed by atoms with van der Waals surface area (Å²) in [6.07, 6.45) is 1.12. The predicted molar refractivity (Wildman–Crippen MR) is 98.9 cm³/mol. The largest absolute Gasteiger partial charge is 0.309 e. The predicted octanol–water partition coefficient (Wildman–Crippen LogP) is 2.07. The van der Waals surface area contributed by atoms with Crippen molar-refractivity contribution >= 4 is 10.0 Å². The van der Waals surface area contributed by atoms with E-state index in [4.69, 9.17) is 0 Å². The molecule has 0 N–H and O–H groups in total. The van der Waals surface area contributed by atoms with E-state index in [1.807, 2.05) is 12.1 Å². The van der Waals surface area contributed by atoms with E-state index in [9.17, 15) is 8.42 Å². The van der Waals surface area contributed by atoms with E-state index in [0.717, 1.165) is 32.6 Å². The molecular formula is C18H31N3O2S. The molecule has 1 aromatic rings. The smallest absolute Gasteiger partial charge is 0.243 e.